The Hall–Kier alpha value is -2.25. The van der Waals surface area contributed by atoms with Gasteiger partial charge in [-0.15, -0.1) is 11.3 Å². The number of anilines is 2. The first-order valence-corrected chi connectivity index (χ1v) is 11.5. The van der Waals surface area contributed by atoms with E-state index >= 15 is 0 Å². The molecule has 1 N–H and O–H groups in total. The fourth-order valence-corrected chi connectivity index (χ4v) is 5.04. The predicted octanol–water partition coefficient (Wildman–Crippen LogP) is 3.53. The molecular weight excluding hydrogens is 384 g/mol. The molecule has 2 fully saturated rings. The third-order valence-corrected chi connectivity index (χ3v) is 6.76. The minimum absolute atomic E-state index is 0.00692. The molecule has 1 aromatic heterocycles. The molecule has 3 aliphatic rings. The Morgan fingerprint density at radius 3 is 2.76 bits per heavy atom. The van der Waals surface area contributed by atoms with Crippen molar-refractivity contribution < 1.29 is 9.59 Å². The number of hydrogen-bond donors (Lipinski definition) is 1. The Balaban J connectivity index is 1.29. The standard InChI is InChI=1S/C22H26N4O2S/c27-20(13-25-9-1-2-10-25)24-22-23-18(14-29-22)16-7-8-19-17(12-16)4-3-11-26(19)21(28)15-5-6-15/h7-8,12,14-15H,1-6,9-11,13H2,(H,23,24,27). The minimum Gasteiger partial charge on any atom is -0.312 e. The summed E-state index contributed by atoms with van der Waals surface area (Å²) in [7, 11) is 0. The summed E-state index contributed by atoms with van der Waals surface area (Å²) in [6.45, 7) is 3.28. The molecule has 0 radical (unpaired) electrons. The van der Waals surface area contributed by atoms with E-state index in [4.69, 9.17) is 0 Å². The third-order valence-electron chi connectivity index (χ3n) is 6.00. The fourth-order valence-electron chi connectivity index (χ4n) is 4.30. The molecule has 0 spiro atoms. The highest BCUT2D eigenvalue weighted by atomic mass is 32.1. The van der Waals surface area contributed by atoms with Crippen LogP contribution in [0.2, 0.25) is 0 Å². The SMILES string of the molecule is O=C(CN1CCCC1)Nc1nc(-c2ccc3c(c2)CCCN3C(=O)C2CC2)cs1. The van der Waals surface area contributed by atoms with E-state index in [0.29, 0.717) is 11.7 Å². The van der Waals surface area contributed by atoms with Crippen molar-refractivity contribution >= 4 is 34.0 Å². The van der Waals surface area contributed by atoms with Gasteiger partial charge in [-0.25, -0.2) is 4.98 Å². The summed E-state index contributed by atoms with van der Waals surface area (Å²) < 4.78 is 0. The number of nitrogens with one attached hydrogen (secondary N) is 1. The van der Waals surface area contributed by atoms with Gasteiger partial charge in [0.05, 0.1) is 12.2 Å². The third kappa shape index (κ3) is 4.07. The lowest BCUT2D eigenvalue weighted by molar-refractivity contribution is -0.120. The molecule has 6 nitrogen and oxygen atoms in total. The number of carbonyl (C=O) groups is 2. The summed E-state index contributed by atoms with van der Waals surface area (Å²) in [4.78, 5) is 33.6. The second-order valence-corrected chi connectivity index (χ2v) is 9.14. The average molecular weight is 411 g/mol. The van der Waals surface area contributed by atoms with E-state index in [-0.39, 0.29) is 17.7 Å². The number of fused-ring (bicyclic) bond motifs is 1. The highest BCUT2D eigenvalue weighted by Gasteiger charge is 2.35. The molecule has 1 saturated carbocycles. The Morgan fingerprint density at radius 1 is 1.14 bits per heavy atom. The predicted molar refractivity (Wildman–Crippen MR) is 115 cm³/mol. The maximum atomic E-state index is 12.6. The normalized spacial score (nSPS) is 19.2. The lowest BCUT2D eigenvalue weighted by Crippen LogP contribution is -2.36. The lowest BCUT2D eigenvalue weighted by atomic mass is 9.98. The first kappa shape index (κ1) is 18.8. The van der Waals surface area contributed by atoms with Crippen molar-refractivity contribution in [2.24, 2.45) is 5.92 Å². The van der Waals surface area contributed by atoms with Gasteiger partial charge in [-0.2, -0.15) is 0 Å². The number of amides is 2. The van der Waals surface area contributed by atoms with Crippen LogP contribution >= 0.6 is 11.3 Å². The van der Waals surface area contributed by atoms with Crippen molar-refractivity contribution in [1.82, 2.24) is 9.88 Å². The fraction of sp³-hybridized carbons (Fsp3) is 0.500. The largest absolute Gasteiger partial charge is 0.312 e. The second-order valence-electron chi connectivity index (χ2n) is 8.28. The van der Waals surface area contributed by atoms with E-state index in [9.17, 15) is 9.59 Å². The van der Waals surface area contributed by atoms with Gasteiger partial charge in [0.1, 0.15) is 0 Å². The molecule has 0 bridgehead atoms. The molecular formula is C22H26N4O2S. The van der Waals surface area contributed by atoms with Crippen LogP contribution in [0.25, 0.3) is 11.3 Å². The van der Waals surface area contributed by atoms with Crippen molar-refractivity contribution in [3.63, 3.8) is 0 Å². The van der Waals surface area contributed by atoms with Gasteiger partial charge in [-0.1, -0.05) is 6.07 Å². The summed E-state index contributed by atoms with van der Waals surface area (Å²) in [5, 5.41) is 5.57. The second kappa shape index (κ2) is 7.88. The van der Waals surface area contributed by atoms with E-state index in [1.54, 1.807) is 0 Å². The van der Waals surface area contributed by atoms with Gasteiger partial charge in [0, 0.05) is 29.1 Å². The van der Waals surface area contributed by atoms with Crippen LogP contribution in [0.5, 0.6) is 0 Å². The van der Waals surface area contributed by atoms with Crippen molar-refractivity contribution in [3.05, 3.63) is 29.1 Å². The quantitative estimate of drug-likeness (QED) is 0.819. The molecule has 2 aromatic rings. The van der Waals surface area contributed by atoms with Gasteiger partial charge in [-0.3, -0.25) is 14.5 Å². The zero-order valence-corrected chi connectivity index (χ0v) is 17.3. The van der Waals surface area contributed by atoms with Crippen molar-refractivity contribution in [2.75, 3.05) is 36.4 Å². The number of likely N-dealkylation sites (tertiary alicyclic amines) is 1. The molecule has 2 amide bonds. The number of hydrogen-bond acceptors (Lipinski definition) is 5. The van der Waals surface area contributed by atoms with Crippen LogP contribution in [0.4, 0.5) is 10.8 Å². The summed E-state index contributed by atoms with van der Waals surface area (Å²) in [6, 6.07) is 6.27. The van der Waals surface area contributed by atoms with Gasteiger partial charge in [-0.05, 0) is 69.3 Å². The van der Waals surface area contributed by atoms with Gasteiger partial charge in [0.15, 0.2) is 5.13 Å². The van der Waals surface area contributed by atoms with E-state index in [1.165, 1.54) is 29.7 Å². The van der Waals surface area contributed by atoms with E-state index in [0.717, 1.165) is 62.3 Å². The number of aromatic nitrogens is 1. The Labute approximate surface area is 174 Å². The van der Waals surface area contributed by atoms with E-state index in [2.05, 4.69) is 27.3 Å². The van der Waals surface area contributed by atoms with Gasteiger partial charge in [0.25, 0.3) is 0 Å². The van der Waals surface area contributed by atoms with Crippen LogP contribution in [-0.2, 0) is 16.0 Å². The van der Waals surface area contributed by atoms with E-state index < -0.39 is 0 Å². The molecule has 2 aliphatic heterocycles. The number of rotatable bonds is 5. The number of carbonyl (C=O) groups excluding carboxylic acids is 2. The monoisotopic (exact) mass is 410 g/mol. The molecule has 0 atom stereocenters. The molecule has 1 aliphatic carbocycles. The first-order valence-electron chi connectivity index (χ1n) is 10.6. The smallest absolute Gasteiger partial charge is 0.240 e. The molecule has 5 rings (SSSR count). The Bertz CT molecular complexity index is 931. The lowest BCUT2D eigenvalue weighted by Gasteiger charge is -2.30. The highest BCUT2D eigenvalue weighted by Crippen LogP contribution is 2.37. The van der Waals surface area contributed by atoms with Crippen LogP contribution in [0.1, 0.15) is 37.7 Å². The van der Waals surface area contributed by atoms with Crippen molar-refractivity contribution in [3.8, 4) is 11.3 Å². The van der Waals surface area contributed by atoms with Crippen LogP contribution < -0.4 is 10.2 Å². The molecule has 152 valence electrons. The Kier molecular flexibility index (Phi) is 5.09. The molecule has 0 unspecified atom stereocenters. The van der Waals surface area contributed by atoms with Crippen LogP contribution in [0.15, 0.2) is 23.6 Å². The first-order chi connectivity index (χ1) is 14.2. The number of thiazole rings is 1. The number of aryl methyl sites for hydroxylation is 1. The van der Waals surface area contributed by atoms with Gasteiger partial charge < -0.3 is 10.2 Å². The highest BCUT2D eigenvalue weighted by molar-refractivity contribution is 7.14. The molecule has 29 heavy (non-hydrogen) atoms. The van der Waals surface area contributed by atoms with Gasteiger partial charge in [0.2, 0.25) is 11.8 Å². The average Bonchev–Trinajstić information content (AvgIpc) is 3.27. The maximum absolute atomic E-state index is 12.6. The van der Waals surface area contributed by atoms with Crippen molar-refractivity contribution in [1.29, 1.82) is 0 Å². The minimum atomic E-state index is 0.00692. The molecule has 1 aromatic carbocycles. The summed E-state index contributed by atoms with van der Waals surface area (Å²) in [5.41, 5.74) is 4.20. The topological polar surface area (TPSA) is 65.5 Å². The maximum Gasteiger partial charge on any atom is 0.240 e. The number of nitrogens with zero attached hydrogens (tertiary/aromatic N) is 3. The molecule has 1 saturated heterocycles. The van der Waals surface area contributed by atoms with Crippen LogP contribution in [0.3, 0.4) is 0 Å². The number of benzene rings is 1. The van der Waals surface area contributed by atoms with Gasteiger partial charge >= 0.3 is 0 Å². The molecule has 3 heterocycles. The zero-order valence-electron chi connectivity index (χ0n) is 16.5. The van der Waals surface area contributed by atoms with Crippen molar-refractivity contribution in [2.45, 2.75) is 38.5 Å². The zero-order chi connectivity index (χ0) is 19.8. The van der Waals surface area contributed by atoms with Crippen LogP contribution in [-0.4, -0.2) is 47.9 Å². The molecule has 7 heteroatoms. The summed E-state index contributed by atoms with van der Waals surface area (Å²) in [6.07, 6.45) is 6.42. The summed E-state index contributed by atoms with van der Waals surface area (Å²) in [5.74, 6) is 0.536. The van der Waals surface area contributed by atoms with E-state index in [1.807, 2.05) is 16.3 Å². The summed E-state index contributed by atoms with van der Waals surface area (Å²) >= 11 is 1.46. The van der Waals surface area contributed by atoms with Crippen LogP contribution in [0, 0.1) is 5.92 Å². The Morgan fingerprint density at radius 2 is 1.97 bits per heavy atom.